The first-order valence-electron chi connectivity index (χ1n) is 6.75. The number of hydrogen-bond donors (Lipinski definition) is 2. The maximum atomic E-state index is 13.2. The van der Waals surface area contributed by atoms with Gasteiger partial charge in [-0.3, -0.25) is 0 Å². The van der Waals surface area contributed by atoms with Crippen LogP contribution in [0.1, 0.15) is 10.4 Å². The standard InChI is InChI=1S/C14H18F4N2O3.ClH/c1-19-5-6-20-12(14(16,17)18)8-23-11-4-3-9(15)7-10(11)13(21)22-2;/h3-4,7,12,19-20H,5-6,8H2,1-2H3;1H. The van der Waals surface area contributed by atoms with E-state index in [-0.39, 0.29) is 30.3 Å². The number of likely N-dealkylation sites (N-methyl/N-ethyl adjacent to an activating group) is 1. The summed E-state index contributed by atoms with van der Waals surface area (Å²) in [5.41, 5.74) is -0.274. The van der Waals surface area contributed by atoms with E-state index in [4.69, 9.17) is 4.74 Å². The quantitative estimate of drug-likeness (QED) is 0.415. The van der Waals surface area contributed by atoms with Crippen LogP contribution in [0, 0.1) is 5.82 Å². The molecule has 0 radical (unpaired) electrons. The van der Waals surface area contributed by atoms with Crippen LogP contribution in [0.5, 0.6) is 5.75 Å². The minimum Gasteiger partial charge on any atom is -0.491 e. The number of carbonyl (C=O) groups is 1. The number of alkyl halides is 3. The molecular formula is C14H19ClF4N2O3. The Morgan fingerprint density at radius 2 is 1.96 bits per heavy atom. The molecule has 5 nitrogen and oxygen atoms in total. The Labute approximate surface area is 143 Å². The highest BCUT2D eigenvalue weighted by Crippen LogP contribution is 2.24. The van der Waals surface area contributed by atoms with Crippen LogP contribution in [0.25, 0.3) is 0 Å². The molecule has 0 saturated carbocycles. The van der Waals surface area contributed by atoms with Crippen molar-refractivity contribution in [2.24, 2.45) is 0 Å². The summed E-state index contributed by atoms with van der Waals surface area (Å²) in [6.45, 7) is -0.337. The van der Waals surface area contributed by atoms with Crippen LogP contribution in [0.4, 0.5) is 17.6 Å². The van der Waals surface area contributed by atoms with Crippen molar-refractivity contribution in [3.63, 3.8) is 0 Å². The maximum absolute atomic E-state index is 13.2. The summed E-state index contributed by atoms with van der Waals surface area (Å²) < 4.78 is 61.5. The van der Waals surface area contributed by atoms with E-state index in [1.54, 1.807) is 7.05 Å². The Morgan fingerprint density at radius 3 is 2.50 bits per heavy atom. The lowest BCUT2D eigenvalue weighted by molar-refractivity contribution is -0.161. The average molecular weight is 375 g/mol. The van der Waals surface area contributed by atoms with Crippen molar-refractivity contribution in [2.75, 3.05) is 33.9 Å². The Morgan fingerprint density at radius 1 is 1.29 bits per heavy atom. The van der Waals surface area contributed by atoms with Crippen molar-refractivity contribution < 1.29 is 31.8 Å². The van der Waals surface area contributed by atoms with Gasteiger partial charge < -0.3 is 20.1 Å². The minimum absolute atomic E-state index is 0. The molecule has 10 heteroatoms. The highest BCUT2D eigenvalue weighted by Gasteiger charge is 2.40. The van der Waals surface area contributed by atoms with Crippen LogP contribution in [0.3, 0.4) is 0 Å². The van der Waals surface area contributed by atoms with Crippen molar-refractivity contribution in [3.05, 3.63) is 29.6 Å². The Hall–Kier alpha value is -1.58. The van der Waals surface area contributed by atoms with Crippen LogP contribution in [0.15, 0.2) is 18.2 Å². The summed E-state index contributed by atoms with van der Waals surface area (Å²) in [5.74, 6) is -1.80. The number of halogens is 5. The first-order valence-corrected chi connectivity index (χ1v) is 6.75. The van der Waals surface area contributed by atoms with Gasteiger partial charge in [-0.15, -0.1) is 12.4 Å². The zero-order chi connectivity index (χ0) is 17.5. The fraction of sp³-hybridized carbons (Fsp3) is 0.500. The van der Waals surface area contributed by atoms with Gasteiger partial charge in [0, 0.05) is 13.1 Å². The van der Waals surface area contributed by atoms with Crippen LogP contribution < -0.4 is 15.4 Å². The Bertz CT molecular complexity index is 529. The largest absolute Gasteiger partial charge is 0.491 e. The van der Waals surface area contributed by atoms with Gasteiger partial charge in [-0.2, -0.15) is 13.2 Å². The Kier molecular flexibility index (Phi) is 9.64. The molecule has 0 aliphatic heterocycles. The van der Waals surface area contributed by atoms with Crippen LogP contribution >= 0.6 is 12.4 Å². The molecule has 0 saturated heterocycles. The molecule has 1 rings (SSSR count). The van der Waals surface area contributed by atoms with E-state index < -0.39 is 30.6 Å². The molecular weight excluding hydrogens is 356 g/mol. The van der Waals surface area contributed by atoms with E-state index in [2.05, 4.69) is 15.4 Å². The molecule has 0 spiro atoms. The molecule has 1 unspecified atom stereocenters. The second-order valence-corrected chi connectivity index (χ2v) is 4.59. The van der Waals surface area contributed by atoms with Gasteiger partial charge in [-0.05, 0) is 25.2 Å². The fourth-order valence-electron chi connectivity index (χ4n) is 1.71. The third kappa shape index (κ3) is 6.90. The second-order valence-electron chi connectivity index (χ2n) is 4.59. The maximum Gasteiger partial charge on any atom is 0.407 e. The number of hydrogen-bond acceptors (Lipinski definition) is 5. The van der Waals surface area contributed by atoms with E-state index in [0.717, 1.165) is 25.3 Å². The topological polar surface area (TPSA) is 59.6 Å². The van der Waals surface area contributed by atoms with E-state index in [1.807, 2.05) is 0 Å². The van der Waals surface area contributed by atoms with Crippen molar-refractivity contribution in [3.8, 4) is 5.75 Å². The molecule has 0 aliphatic rings. The van der Waals surface area contributed by atoms with Crippen molar-refractivity contribution in [2.45, 2.75) is 12.2 Å². The van der Waals surface area contributed by atoms with Gasteiger partial charge >= 0.3 is 12.1 Å². The first-order chi connectivity index (χ1) is 10.8. The summed E-state index contributed by atoms with van der Waals surface area (Å²) in [6, 6.07) is 0.992. The van der Waals surface area contributed by atoms with E-state index in [9.17, 15) is 22.4 Å². The zero-order valence-corrected chi connectivity index (χ0v) is 13.9. The predicted molar refractivity (Wildman–Crippen MR) is 82.3 cm³/mol. The molecule has 0 amide bonds. The predicted octanol–water partition coefficient (Wildman–Crippen LogP) is 2.15. The van der Waals surface area contributed by atoms with E-state index >= 15 is 0 Å². The van der Waals surface area contributed by atoms with Gasteiger partial charge in [0.1, 0.15) is 29.8 Å². The third-order valence-electron chi connectivity index (χ3n) is 2.91. The van der Waals surface area contributed by atoms with E-state index in [0.29, 0.717) is 6.54 Å². The SMILES string of the molecule is CNCCNC(COc1ccc(F)cc1C(=O)OC)C(F)(F)F.Cl. The number of rotatable bonds is 8. The number of ether oxygens (including phenoxy) is 2. The highest BCUT2D eigenvalue weighted by atomic mass is 35.5. The lowest BCUT2D eigenvalue weighted by Gasteiger charge is -2.22. The van der Waals surface area contributed by atoms with Gasteiger partial charge in [0.25, 0.3) is 0 Å². The number of nitrogens with one attached hydrogen (secondary N) is 2. The summed E-state index contributed by atoms with van der Waals surface area (Å²) in [5, 5.41) is 5.01. The molecule has 0 fully saturated rings. The van der Waals surface area contributed by atoms with Crippen LogP contribution in [-0.2, 0) is 4.74 Å². The first kappa shape index (κ1) is 22.4. The molecule has 1 aromatic carbocycles. The van der Waals surface area contributed by atoms with Crippen molar-refractivity contribution >= 4 is 18.4 Å². The summed E-state index contributed by atoms with van der Waals surface area (Å²) in [6.07, 6.45) is -4.53. The molecule has 138 valence electrons. The molecule has 0 bridgehead atoms. The molecule has 2 N–H and O–H groups in total. The minimum atomic E-state index is -4.53. The zero-order valence-electron chi connectivity index (χ0n) is 13.1. The van der Waals surface area contributed by atoms with Gasteiger partial charge in [0.2, 0.25) is 0 Å². The molecule has 0 aromatic heterocycles. The lowest BCUT2D eigenvalue weighted by Crippen LogP contribution is -2.48. The second kappa shape index (κ2) is 10.3. The number of methoxy groups -OCH3 is 1. The highest BCUT2D eigenvalue weighted by molar-refractivity contribution is 5.92. The number of carbonyl (C=O) groups excluding carboxylic acids is 1. The van der Waals surface area contributed by atoms with Crippen LogP contribution in [0.2, 0.25) is 0 Å². The lowest BCUT2D eigenvalue weighted by atomic mass is 10.2. The number of esters is 1. The molecule has 1 atom stereocenters. The van der Waals surface area contributed by atoms with Gasteiger partial charge in [-0.1, -0.05) is 0 Å². The van der Waals surface area contributed by atoms with Crippen molar-refractivity contribution in [1.29, 1.82) is 0 Å². The smallest absolute Gasteiger partial charge is 0.407 e. The average Bonchev–Trinajstić information content (AvgIpc) is 2.49. The van der Waals surface area contributed by atoms with Crippen molar-refractivity contribution in [1.82, 2.24) is 10.6 Å². The summed E-state index contributed by atoms with van der Waals surface area (Å²) in [4.78, 5) is 11.5. The Balaban J connectivity index is 0.00000529. The molecule has 0 aliphatic carbocycles. The fourth-order valence-corrected chi connectivity index (χ4v) is 1.71. The van der Waals surface area contributed by atoms with Gasteiger partial charge in [0.15, 0.2) is 0 Å². The van der Waals surface area contributed by atoms with Gasteiger partial charge in [0.05, 0.1) is 7.11 Å². The summed E-state index contributed by atoms with van der Waals surface area (Å²) >= 11 is 0. The van der Waals surface area contributed by atoms with Gasteiger partial charge in [-0.25, -0.2) is 9.18 Å². The normalized spacial score (nSPS) is 12.2. The molecule has 1 aromatic rings. The molecule has 24 heavy (non-hydrogen) atoms. The van der Waals surface area contributed by atoms with E-state index in [1.165, 1.54) is 0 Å². The monoisotopic (exact) mass is 374 g/mol. The molecule has 0 heterocycles. The third-order valence-corrected chi connectivity index (χ3v) is 2.91. The van der Waals surface area contributed by atoms with Crippen LogP contribution in [-0.4, -0.2) is 52.0 Å². The number of benzene rings is 1. The summed E-state index contributed by atoms with van der Waals surface area (Å²) in [7, 11) is 2.69.